The Morgan fingerprint density at radius 1 is 1.40 bits per heavy atom. The molecule has 0 aromatic rings. The zero-order chi connectivity index (χ0) is 8.20. The van der Waals surface area contributed by atoms with Crippen LogP contribution in [-0.2, 0) is 4.74 Å². The monoisotopic (exact) mass is 202 g/mol. The first kappa shape index (κ1) is 9.82. The molecule has 0 amide bonds. The minimum absolute atomic E-state index is 1.15. The molecule has 0 atom stereocenters. The van der Waals surface area contributed by atoms with Gasteiger partial charge in [0.25, 0.3) is 0 Å². The predicted molar refractivity (Wildman–Crippen MR) is 48.6 cm³/mol. The Morgan fingerprint density at radius 2 is 1.90 bits per heavy atom. The molecule has 0 bridgehead atoms. The Kier molecular flexibility index (Phi) is 3.79. The third-order valence-corrected chi connectivity index (χ3v) is 5.11. The summed E-state index contributed by atoms with van der Waals surface area (Å²) in [5.74, 6) is 6.87. The molecule has 58 valence electrons. The Balaban J connectivity index is 4.35. The van der Waals surface area contributed by atoms with E-state index >= 15 is 0 Å². The number of hydrogen-bond donors (Lipinski definition) is 0. The van der Waals surface area contributed by atoms with Crippen molar-refractivity contribution in [2.75, 3.05) is 7.11 Å². The molecule has 0 aromatic heterocycles. The van der Waals surface area contributed by atoms with Crippen LogP contribution >= 0.6 is 0 Å². The maximum absolute atomic E-state index is 5.23. The first-order chi connectivity index (χ1) is 4.52. The van der Waals surface area contributed by atoms with Gasteiger partial charge in [-0.05, 0) is 0 Å². The second kappa shape index (κ2) is 3.86. The van der Waals surface area contributed by atoms with Gasteiger partial charge in [-0.25, -0.2) is 0 Å². The first-order valence-corrected chi connectivity index (χ1v) is 10.7. The Labute approximate surface area is 66.1 Å². The molecule has 0 aliphatic rings. The van der Waals surface area contributed by atoms with Gasteiger partial charge >= 0.3 is 65.7 Å². The van der Waals surface area contributed by atoms with Gasteiger partial charge in [0, 0.05) is 0 Å². The summed E-state index contributed by atoms with van der Waals surface area (Å²) in [6, 6.07) is 0. The van der Waals surface area contributed by atoms with Crippen LogP contribution in [0.1, 0.15) is 0 Å². The van der Waals surface area contributed by atoms with Crippen molar-refractivity contribution in [3.05, 3.63) is 23.3 Å². The zero-order valence-corrected chi connectivity index (χ0v) is 9.37. The number of rotatable bonds is 3. The van der Waals surface area contributed by atoms with Crippen molar-refractivity contribution in [1.29, 1.82) is 0 Å². The number of allylic oxidation sites excluding steroid dienone is 2. The van der Waals surface area contributed by atoms with Crippen LogP contribution in [0.25, 0.3) is 0 Å². The van der Waals surface area contributed by atoms with Gasteiger partial charge in [-0.15, -0.1) is 0 Å². The van der Waals surface area contributed by atoms with Crippen LogP contribution in [0.3, 0.4) is 0 Å². The molecule has 0 saturated carbocycles. The first-order valence-electron chi connectivity index (χ1n) is 3.39. The van der Waals surface area contributed by atoms with E-state index in [1.54, 1.807) is 13.2 Å². The van der Waals surface area contributed by atoms with Crippen molar-refractivity contribution < 1.29 is 4.74 Å². The fourth-order valence-electron chi connectivity index (χ4n) is 0.731. The van der Waals surface area contributed by atoms with Crippen molar-refractivity contribution in [2.45, 2.75) is 17.3 Å². The molecule has 0 aliphatic carbocycles. The van der Waals surface area contributed by atoms with Crippen molar-refractivity contribution in [3.63, 3.8) is 0 Å². The molecule has 0 aromatic carbocycles. The van der Waals surface area contributed by atoms with Crippen LogP contribution in [0.5, 0.6) is 0 Å². The van der Waals surface area contributed by atoms with E-state index in [1.165, 1.54) is 0 Å². The van der Waals surface area contributed by atoms with Crippen LogP contribution in [0, 0.1) is 0 Å². The molecule has 0 saturated heterocycles. The SMILES string of the molecule is C=C/C=[C](/OC)[Ge]([CH3])([CH3])[CH3]. The van der Waals surface area contributed by atoms with Crippen LogP contribution < -0.4 is 0 Å². The number of hydrogen-bond acceptors (Lipinski definition) is 1. The average Bonchev–Trinajstić information content (AvgIpc) is 1.80. The molecular weight excluding hydrogens is 185 g/mol. The fourth-order valence-corrected chi connectivity index (χ4v) is 3.31. The maximum atomic E-state index is 5.23. The molecule has 0 rings (SSSR count). The summed E-state index contributed by atoms with van der Waals surface area (Å²) < 4.78 is 6.38. The van der Waals surface area contributed by atoms with E-state index in [0.29, 0.717) is 0 Å². The Hall–Kier alpha value is -0.177. The van der Waals surface area contributed by atoms with Crippen LogP contribution in [0.2, 0.25) is 17.3 Å². The number of ether oxygens (including phenoxy) is 1. The normalized spacial score (nSPS) is 13.0. The van der Waals surface area contributed by atoms with Gasteiger partial charge in [-0.1, -0.05) is 0 Å². The second-order valence-electron chi connectivity index (χ2n) is 3.22. The van der Waals surface area contributed by atoms with E-state index < -0.39 is 13.3 Å². The molecule has 10 heavy (non-hydrogen) atoms. The Morgan fingerprint density at radius 3 is 2.00 bits per heavy atom. The van der Waals surface area contributed by atoms with Crippen LogP contribution in [0.15, 0.2) is 23.3 Å². The number of methoxy groups -OCH3 is 1. The van der Waals surface area contributed by atoms with E-state index in [-0.39, 0.29) is 0 Å². The summed E-state index contributed by atoms with van der Waals surface area (Å²) in [7, 11) is 1.73. The molecule has 0 N–H and O–H groups in total. The van der Waals surface area contributed by atoms with Gasteiger partial charge in [-0.2, -0.15) is 0 Å². The molecule has 2 heteroatoms. The van der Waals surface area contributed by atoms with Gasteiger partial charge in [0.05, 0.1) is 0 Å². The summed E-state index contributed by atoms with van der Waals surface area (Å²) in [5.41, 5.74) is 0. The van der Waals surface area contributed by atoms with E-state index in [4.69, 9.17) is 4.74 Å². The van der Waals surface area contributed by atoms with E-state index in [9.17, 15) is 0 Å². The summed E-state index contributed by atoms with van der Waals surface area (Å²) in [6.07, 6.45) is 3.76. The van der Waals surface area contributed by atoms with E-state index in [1.807, 2.05) is 6.08 Å². The summed E-state index contributed by atoms with van der Waals surface area (Å²) in [4.78, 5) is 0. The van der Waals surface area contributed by atoms with Crippen molar-refractivity contribution in [3.8, 4) is 0 Å². The molecule has 0 unspecified atom stereocenters. The second-order valence-corrected chi connectivity index (χ2v) is 13.7. The standard InChI is InChI=1S/C8H16GeO/c1-6-7-8(10-5)9(2,3)4/h6-7H,1H2,2-5H3/b8-7+. The topological polar surface area (TPSA) is 9.23 Å². The van der Waals surface area contributed by atoms with Crippen molar-refractivity contribution in [1.82, 2.24) is 0 Å². The molecule has 0 fully saturated rings. The van der Waals surface area contributed by atoms with Crippen molar-refractivity contribution in [2.24, 2.45) is 0 Å². The third-order valence-electron chi connectivity index (χ3n) is 1.23. The van der Waals surface area contributed by atoms with Gasteiger partial charge in [0.2, 0.25) is 0 Å². The van der Waals surface area contributed by atoms with E-state index in [2.05, 4.69) is 23.8 Å². The van der Waals surface area contributed by atoms with Gasteiger partial charge in [0.15, 0.2) is 0 Å². The van der Waals surface area contributed by atoms with Crippen molar-refractivity contribution >= 4 is 13.3 Å². The van der Waals surface area contributed by atoms with Crippen LogP contribution in [-0.4, -0.2) is 20.4 Å². The predicted octanol–water partition coefficient (Wildman–Crippen LogP) is 2.58. The fraction of sp³-hybridized carbons (Fsp3) is 0.500. The zero-order valence-electron chi connectivity index (χ0n) is 7.27. The molecule has 0 heterocycles. The minimum atomic E-state index is -1.70. The summed E-state index contributed by atoms with van der Waals surface area (Å²) >= 11 is -1.70. The molecule has 0 aliphatic heterocycles. The van der Waals surface area contributed by atoms with Gasteiger partial charge in [0.1, 0.15) is 0 Å². The summed E-state index contributed by atoms with van der Waals surface area (Å²) in [5, 5.41) is 0. The van der Waals surface area contributed by atoms with E-state index in [0.717, 1.165) is 4.59 Å². The molecular formula is C8H16GeO. The molecule has 0 spiro atoms. The average molecular weight is 201 g/mol. The quantitative estimate of drug-likeness (QED) is 0.387. The summed E-state index contributed by atoms with van der Waals surface area (Å²) in [6.45, 7) is 3.64. The van der Waals surface area contributed by atoms with Gasteiger partial charge < -0.3 is 0 Å². The molecule has 1 nitrogen and oxygen atoms in total. The molecule has 0 radical (unpaired) electrons. The Bertz CT molecular complexity index is 142. The van der Waals surface area contributed by atoms with Crippen LogP contribution in [0.4, 0.5) is 0 Å². The third kappa shape index (κ3) is 3.11. The van der Waals surface area contributed by atoms with Gasteiger partial charge in [-0.3, -0.25) is 0 Å².